The summed E-state index contributed by atoms with van der Waals surface area (Å²) in [5.74, 6) is 0.134. The van der Waals surface area contributed by atoms with Gasteiger partial charge in [0.1, 0.15) is 0 Å². The minimum atomic E-state index is 0. The number of esters is 1. The van der Waals surface area contributed by atoms with Crippen LogP contribution in [0.1, 0.15) is 97.8 Å². The molecule has 0 rings (SSSR count). The highest BCUT2D eigenvalue weighted by molar-refractivity contribution is 5.72. The van der Waals surface area contributed by atoms with Gasteiger partial charge in [-0.05, 0) is 19.8 Å². The second-order valence-electron chi connectivity index (χ2n) is 5.83. The predicted molar refractivity (Wildman–Crippen MR) is 91.9 cm³/mol. The van der Waals surface area contributed by atoms with Gasteiger partial charge in [0, 0.05) is 0 Å². The fourth-order valence-electron chi connectivity index (χ4n) is 2.63. The molecular formula is C18H39NO2. The van der Waals surface area contributed by atoms with Gasteiger partial charge < -0.3 is 10.9 Å². The van der Waals surface area contributed by atoms with Gasteiger partial charge in [-0.3, -0.25) is 4.79 Å². The van der Waals surface area contributed by atoms with E-state index in [2.05, 4.69) is 13.8 Å². The smallest absolute Gasteiger partial charge is 0.308 e. The lowest BCUT2D eigenvalue weighted by Gasteiger charge is -2.13. The van der Waals surface area contributed by atoms with Crippen LogP contribution in [0.2, 0.25) is 0 Å². The summed E-state index contributed by atoms with van der Waals surface area (Å²) in [5, 5.41) is 0. The van der Waals surface area contributed by atoms with E-state index >= 15 is 0 Å². The molecule has 0 aliphatic rings. The number of unbranched alkanes of at least 4 members (excludes halogenated alkanes) is 9. The Kier molecular flexibility index (Phi) is 18.9. The lowest BCUT2D eigenvalue weighted by Crippen LogP contribution is -2.16. The number of hydrogen-bond acceptors (Lipinski definition) is 3. The zero-order valence-electron chi connectivity index (χ0n) is 14.8. The molecule has 3 nitrogen and oxygen atoms in total. The quantitative estimate of drug-likeness (QED) is 0.314. The van der Waals surface area contributed by atoms with E-state index in [0.717, 1.165) is 12.8 Å². The Morgan fingerprint density at radius 1 is 0.810 bits per heavy atom. The molecule has 0 spiro atoms. The van der Waals surface area contributed by atoms with Crippen LogP contribution in [0, 0.1) is 5.92 Å². The van der Waals surface area contributed by atoms with E-state index in [1.54, 1.807) is 0 Å². The molecular weight excluding hydrogens is 262 g/mol. The van der Waals surface area contributed by atoms with Crippen LogP contribution in [-0.2, 0) is 9.53 Å². The fraction of sp³-hybridized carbons (Fsp3) is 0.944. The summed E-state index contributed by atoms with van der Waals surface area (Å²) in [6.07, 6.45) is 15.4. The van der Waals surface area contributed by atoms with Gasteiger partial charge in [-0.15, -0.1) is 0 Å². The van der Waals surface area contributed by atoms with Crippen LogP contribution < -0.4 is 6.15 Å². The molecule has 1 atom stereocenters. The van der Waals surface area contributed by atoms with Gasteiger partial charge in [0.25, 0.3) is 0 Å². The molecule has 128 valence electrons. The third kappa shape index (κ3) is 14.1. The first-order valence-electron chi connectivity index (χ1n) is 8.92. The monoisotopic (exact) mass is 301 g/mol. The number of carbonyl (C=O) groups is 1. The molecule has 0 saturated heterocycles. The fourth-order valence-corrected chi connectivity index (χ4v) is 2.63. The number of hydrogen-bond donors (Lipinski definition) is 1. The highest BCUT2D eigenvalue weighted by atomic mass is 16.5. The van der Waals surface area contributed by atoms with Gasteiger partial charge >= 0.3 is 5.97 Å². The highest BCUT2D eigenvalue weighted by Crippen LogP contribution is 2.17. The Balaban J connectivity index is 0. The molecule has 0 heterocycles. The molecule has 0 fully saturated rings. The average Bonchev–Trinajstić information content (AvgIpc) is 2.45. The molecule has 0 saturated carbocycles. The molecule has 21 heavy (non-hydrogen) atoms. The summed E-state index contributed by atoms with van der Waals surface area (Å²) in [7, 11) is 0. The topological polar surface area (TPSA) is 61.3 Å². The predicted octanol–water partition coefficient (Wildman–Crippen LogP) is 6.05. The first-order valence-corrected chi connectivity index (χ1v) is 8.92. The maximum absolute atomic E-state index is 11.6. The van der Waals surface area contributed by atoms with E-state index < -0.39 is 0 Å². The molecule has 0 aromatic heterocycles. The van der Waals surface area contributed by atoms with Crippen molar-refractivity contribution in [1.82, 2.24) is 6.15 Å². The molecule has 3 N–H and O–H groups in total. The van der Waals surface area contributed by atoms with E-state index in [9.17, 15) is 4.79 Å². The Bertz CT molecular complexity index is 219. The summed E-state index contributed by atoms with van der Waals surface area (Å²) in [4.78, 5) is 11.6. The molecule has 0 aromatic rings. The van der Waals surface area contributed by atoms with Crippen LogP contribution in [-0.4, -0.2) is 12.6 Å². The molecule has 0 aliphatic heterocycles. The lowest BCUT2D eigenvalue weighted by molar-refractivity contribution is -0.148. The van der Waals surface area contributed by atoms with Gasteiger partial charge in [-0.2, -0.15) is 0 Å². The highest BCUT2D eigenvalue weighted by Gasteiger charge is 2.16. The Morgan fingerprint density at radius 2 is 1.29 bits per heavy atom. The molecule has 0 amide bonds. The zero-order valence-corrected chi connectivity index (χ0v) is 14.8. The van der Waals surface area contributed by atoms with Crippen LogP contribution >= 0.6 is 0 Å². The van der Waals surface area contributed by atoms with E-state index in [1.165, 1.54) is 64.2 Å². The van der Waals surface area contributed by atoms with E-state index in [4.69, 9.17) is 4.74 Å². The molecule has 1 unspecified atom stereocenters. The van der Waals surface area contributed by atoms with Gasteiger partial charge in [0.05, 0.1) is 12.5 Å². The summed E-state index contributed by atoms with van der Waals surface area (Å²) in [5.41, 5.74) is 0. The van der Waals surface area contributed by atoms with Crippen molar-refractivity contribution in [2.24, 2.45) is 5.92 Å². The van der Waals surface area contributed by atoms with E-state index in [0.29, 0.717) is 6.61 Å². The third-order valence-corrected chi connectivity index (χ3v) is 4.02. The summed E-state index contributed by atoms with van der Waals surface area (Å²) < 4.78 is 5.10. The van der Waals surface area contributed by atoms with Crippen molar-refractivity contribution in [2.45, 2.75) is 97.8 Å². The zero-order chi connectivity index (χ0) is 15.1. The summed E-state index contributed by atoms with van der Waals surface area (Å²) in [6, 6.07) is 0. The number of carbonyl (C=O) groups excluding carboxylic acids is 1. The molecule has 0 radical (unpaired) electrons. The standard InChI is InChI=1S/C18H36O2.H3N/c1-4-7-8-9-10-11-12-13-14-15-16-17(5-2)18(19)20-6-3;/h17H,4-16H2,1-3H3;1H3. The van der Waals surface area contributed by atoms with Crippen LogP contribution in [0.3, 0.4) is 0 Å². The van der Waals surface area contributed by atoms with Crippen LogP contribution in [0.4, 0.5) is 0 Å². The van der Waals surface area contributed by atoms with E-state index in [-0.39, 0.29) is 18.0 Å². The van der Waals surface area contributed by atoms with Gasteiger partial charge in [0.2, 0.25) is 0 Å². The second kappa shape index (κ2) is 17.5. The van der Waals surface area contributed by atoms with Crippen molar-refractivity contribution < 1.29 is 9.53 Å². The summed E-state index contributed by atoms with van der Waals surface area (Å²) in [6.45, 7) is 6.73. The molecule has 0 aliphatic carbocycles. The Labute approximate surface area is 132 Å². The largest absolute Gasteiger partial charge is 0.466 e. The van der Waals surface area contributed by atoms with Crippen LogP contribution in [0.25, 0.3) is 0 Å². The maximum Gasteiger partial charge on any atom is 0.308 e. The van der Waals surface area contributed by atoms with Crippen LogP contribution in [0.5, 0.6) is 0 Å². The minimum absolute atomic E-state index is 0. The third-order valence-electron chi connectivity index (χ3n) is 4.02. The normalized spacial score (nSPS) is 11.8. The van der Waals surface area contributed by atoms with Gasteiger partial charge in [-0.1, -0.05) is 78.1 Å². The Morgan fingerprint density at radius 3 is 1.71 bits per heavy atom. The SMILES string of the molecule is CCCCCCCCCCCCC(CC)C(=O)OCC.N. The molecule has 3 heteroatoms. The van der Waals surface area contributed by atoms with Crippen molar-refractivity contribution in [3.63, 3.8) is 0 Å². The summed E-state index contributed by atoms with van der Waals surface area (Å²) >= 11 is 0. The second-order valence-corrected chi connectivity index (χ2v) is 5.83. The minimum Gasteiger partial charge on any atom is -0.466 e. The number of rotatable bonds is 14. The van der Waals surface area contributed by atoms with E-state index in [1.807, 2.05) is 6.92 Å². The van der Waals surface area contributed by atoms with Crippen molar-refractivity contribution >= 4 is 5.97 Å². The maximum atomic E-state index is 11.6. The number of ether oxygens (including phenoxy) is 1. The van der Waals surface area contributed by atoms with Crippen molar-refractivity contribution in [3.8, 4) is 0 Å². The lowest BCUT2D eigenvalue weighted by atomic mass is 9.98. The molecule has 0 aromatic carbocycles. The first kappa shape index (κ1) is 22.7. The average molecular weight is 302 g/mol. The van der Waals surface area contributed by atoms with Crippen molar-refractivity contribution in [2.75, 3.05) is 6.61 Å². The van der Waals surface area contributed by atoms with Crippen molar-refractivity contribution in [3.05, 3.63) is 0 Å². The first-order chi connectivity index (χ1) is 9.76. The van der Waals surface area contributed by atoms with Gasteiger partial charge in [0.15, 0.2) is 0 Å². The molecule has 0 bridgehead atoms. The van der Waals surface area contributed by atoms with Crippen molar-refractivity contribution in [1.29, 1.82) is 0 Å². The Hall–Kier alpha value is -0.570. The van der Waals surface area contributed by atoms with Gasteiger partial charge in [-0.25, -0.2) is 0 Å². The van der Waals surface area contributed by atoms with Crippen LogP contribution in [0.15, 0.2) is 0 Å².